The molecule has 0 bridgehead atoms. The molecule has 0 fully saturated rings. The molecule has 0 radical (unpaired) electrons. The average Bonchev–Trinajstić information content (AvgIpc) is 3.12. The number of halogens is 3. The van der Waals surface area contributed by atoms with Crippen LogP contribution in [0.4, 0.5) is 0 Å². The fraction of sp³-hybridized carbons (Fsp3) is 0.385. The van der Waals surface area contributed by atoms with E-state index in [1.54, 1.807) is 114 Å². The Balaban J connectivity index is 1.77. The van der Waals surface area contributed by atoms with Gasteiger partial charge in [-0.25, -0.2) is 14.4 Å². The quantitative estimate of drug-likeness (QED) is 0.0309. The number of carbonyl (C=O) groups excluding carboxylic acids is 6. The van der Waals surface area contributed by atoms with Crippen molar-refractivity contribution in [2.24, 2.45) is 0 Å². The number of rotatable bonds is 18. The molecule has 0 amide bonds. The van der Waals surface area contributed by atoms with Gasteiger partial charge >= 0.3 is 35.8 Å². The van der Waals surface area contributed by atoms with Crippen LogP contribution in [0.2, 0.25) is 0 Å². The van der Waals surface area contributed by atoms with E-state index in [0.717, 1.165) is 14.7 Å². The zero-order valence-electron chi connectivity index (χ0n) is 31.1. The Kier molecular flexibility index (Phi) is 17.7. The maximum Gasteiger partial charge on any atom is 0.338 e. The normalized spacial score (nSPS) is 11.7. The van der Waals surface area contributed by atoms with Gasteiger partial charge < -0.3 is 28.4 Å². The van der Waals surface area contributed by atoms with E-state index < -0.39 is 57.0 Å². The van der Waals surface area contributed by atoms with E-state index in [9.17, 15) is 28.8 Å². The highest BCUT2D eigenvalue weighted by Gasteiger charge is 2.31. The van der Waals surface area contributed by atoms with E-state index in [0.29, 0.717) is 16.7 Å². The lowest BCUT2D eigenvalue weighted by atomic mass is 10.2. The van der Waals surface area contributed by atoms with Gasteiger partial charge in [-0.05, 0) is 114 Å². The number of carbonyl (C=O) groups is 6. The van der Waals surface area contributed by atoms with Crippen molar-refractivity contribution in [3.63, 3.8) is 0 Å². The van der Waals surface area contributed by atoms with Crippen molar-refractivity contribution in [1.29, 1.82) is 0 Å². The largest absolute Gasteiger partial charge is 0.461 e. The van der Waals surface area contributed by atoms with E-state index in [-0.39, 0.29) is 39.6 Å². The number of esters is 6. The van der Waals surface area contributed by atoms with Gasteiger partial charge in [0.1, 0.15) is 49.9 Å². The summed E-state index contributed by atoms with van der Waals surface area (Å²) in [6.45, 7) is 9.81. The third-order valence-electron chi connectivity index (χ3n) is 7.08. The average molecular weight is 1120 g/mol. The van der Waals surface area contributed by atoms with Gasteiger partial charge in [0.2, 0.25) is 0 Å². The summed E-state index contributed by atoms with van der Waals surface area (Å²) in [4.78, 5) is 76.6. The first-order valence-electron chi connectivity index (χ1n) is 16.8. The zero-order valence-corrected chi connectivity index (χ0v) is 38.4. The van der Waals surface area contributed by atoms with Gasteiger partial charge in [-0.2, -0.15) is 0 Å². The molecule has 0 aliphatic rings. The molecule has 0 aliphatic carbocycles. The van der Waals surface area contributed by atoms with Gasteiger partial charge in [-0.1, -0.05) is 67.8 Å². The molecule has 0 unspecified atom stereocenters. The highest BCUT2D eigenvalue weighted by Crippen LogP contribution is 2.32. The third-order valence-corrected chi connectivity index (χ3v) is 10.6. The zero-order chi connectivity index (χ0) is 41.0. The van der Waals surface area contributed by atoms with E-state index in [4.69, 9.17) is 28.4 Å². The van der Waals surface area contributed by atoms with Crippen LogP contribution in [0.15, 0.2) is 87.5 Å². The molecule has 0 N–H and O–H groups in total. The molecule has 0 saturated heterocycles. The fourth-order valence-electron chi connectivity index (χ4n) is 4.16. The second-order valence-electron chi connectivity index (χ2n) is 13.1. The molecule has 0 atom stereocenters. The lowest BCUT2D eigenvalue weighted by Crippen LogP contribution is -2.28. The molecule has 296 valence electrons. The Bertz CT molecular complexity index is 1600. The van der Waals surface area contributed by atoms with Gasteiger partial charge in [-0.15, -0.1) is 0 Å². The summed E-state index contributed by atoms with van der Waals surface area (Å²) >= 11 is 5.91. The van der Waals surface area contributed by atoms with Gasteiger partial charge in [0.05, 0.1) is 27.6 Å². The predicted octanol–water partition coefficient (Wildman–Crippen LogP) is 7.52. The van der Waals surface area contributed by atoms with Crippen LogP contribution in [0, 0.1) is 0 Å². The molecule has 3 aromatic carbocycles. The molecule has 55 heavy (non-hydrogen) atoms. The van der Waals surface area contributed by atoms with Crippen molar-refractivity contribution < 1.29 is 57.2 Å². The minimum atomic E-state index is -0.772. The van der Waals surface area contributed by atoms with Gasteiger partial charge in [-0.3, -0.25) is 14.4 Å². The van der Waals surface area contributed by atoms with Crippen molar-refractivity contribution in [1.82, 2.24) is 0 Å². The lowest BCUT2D eigenvalue weighted by Gasteiger charge is -2.15. The smallest absolute Gasteiger partial charge is 0.338 e. The highest BCUT2D eigenvalue weighted by molar-refractivity contribution is 14.1. The molecule has 3 rings (SSSR count). The maximum absolute atomic E-state index is 12.8. The molecule has 16 heteroatoms. The first kappa shape index (κ1) is 46.4. The minimum Gasteiger partial charge on any atom is -0.461 e. The van der Waals surface area contributed by atoms with Crippen molar-refractivity contribution in [3.8, 4) is 0 Å². The number of benzene rings is 3. The van der Waals surface area contributed by atoms with Crippen LogP contribution >= 0.6 is 67.8 Å². The minimum absolute atomic E-state index is 0.0691. The third kappa shape index (κ3) is 15.1. The van der Waals surface area contributed by atoms with Crippen LogP contribution < -0.4 is 0 Å². The van der Waals surface area contributed by atoms with Crippen molar-refractivity contribution in [2.45, 2.75) is 66.5 Å². The Morgan fingerprint density at radius 2 is 0.600 bits per heavy atom. The Morgan fingerprint density at radius 3 is 0.800 bits per heavy atom. The topological polar surface area (TPSA) is 158 Å². The fourth-order valence-corrected chi connectivity index (χ4v) is 6.67. The van der Waals surface area contributed by atoms with Crippen LogP contribution in [0.25, 0.3) is 0 Å². The summed E-state index contributed by atoms with van der Waals surface area (Å²) in [6.07, 6.45) is 0. The van der Waals surface area contributed by atoms with E-state index >= 15 is 0 Å². The van der Waals surface area contributed by atoms with Crippen molar-refractivity contribution >= 4 is 114 Å². The van der Waals surface area contributed by atoms with Gasteiger partial charge in [0.25, 0.3) is 0 Å². The van der Waals surface area contributed by atoms with Crippen LogP contribution in [-0.4, -0.2) is 85.7 Å². The SMILES string of the molecule is CC(C)(I)C(=O)OCCOC(=O)c1ccc([S+](c2ccc(C(=O)OCCOC(=O)C(C)(C)I)cc2)c2ccc(C(=O)OCCOC(=O)C(C)(C)I)cc2)cc1. The summed E-state index contributed by atoms with van der Waals surface area (Å²) in [7, 11) is -0.772. The molecule has 0 aromatic heterocycles. The molecule has 12 nitrogen and oxygen atoms in total. The second-order valence-corrected chi connectivity index (χ2v) is 23.2. The molecule has 0 saturated carbocycles. The summed E-state index contributed by atoms with van der Waals surface area (Å²) in [5.41, 5.74) is 0.887. The molecule has 0 aliphatic heterocycles. The summed E-state index contributed by atoms with van der Waals surface area (Å²) in [5.74, 6) is -2.97. The summed E-state index contributed by atoms with van der Waals surface area (Å²) in [6, 6.07) is 20.5. The van der Waals surface area contributed by atoms with E-state index in [1.165, 1.54) is 0 Å². The molecule has 0 heterocycles. The first-order chi connectivity index (χ1) is 25.7. The maximum atomic E-state index is 12.8. The Labute approximate surface area is 364 Å². The van der Waals surface area contributed by atoms with E-state index in [2.05, 4.69) is 0 Å². The van der Waals surface area contributed by atoms with Gasteiger partial charge in [0, 0.05) is 0 Å². The van der Waals surface area contributed by atoms with Gasteiger partial charge in [0.15, 0.2) is 14.7 Å². The summed E-state index contributed by atoms with van der Waals surface area (Å²) in [5, 5.41) is 0. The number of ether oxygens (including phenoxy) is 6. The Hall–Kier alpha value is -2.98. The number of hydrogen-bond donors (Lipinski definition) is 0. The number of hydrogen-bond acceptors (Lipinski definition) is 12. The van der Waals surface area contributed by atoms with Crippen LogP contribution in [0.5, 0.6) is 0 Å². The van der Waals surface area contributed by atoms with Crippen molar-refractivity contribution in [2.75, 3.05) is 39.6 Å². The highest BCUT2D eigenvalue weighted by atomic mass is 127. The van der Waals surface area contributed by atoms with Crippen molar-refractivity contribution in [3.05, 3.63) is 89.5 Å². The molecule has 3 aromatic rings. The summed E-state index contributed by atoms with van der Waals surface area (Å²) < 4.78 is 29.3. The molecular weight excluding hydrogens is 1070 g/mol. The molecular formula is C39H42I3O12S+. The van der Waals surface area contributed by atoms with Crippen LogP contribution in [0.3, 0.4) is 0 Å². The van der Waals surface area contributed by atoms with Crippen LogP contribution in [0.1, 0.15) is 72.6 Å². The monoisotopic (exact) mass is 1110 g/mol. The second kappa shape index (κ2) is 21.0. The van der Waals surface area contributed by atoms with Crippen LogP contribution in [-0.2, 0) is 53.7 Å². The first-order valence-corrected chi connectivity index (χ1v) is 21.3. The lowest BCUT2D eigenvalue weighted by molar-refractivity contribution is -0.146. The number of alkyl halides is 3. The molecule has 0 spiro atoms. The Morgan fingerprint density at radius 1 is 0.400 bits per heavy atom. The van der Waals surface area contributed by atoms with E-state index in [1.807, 2.05) is 67.8 Å². The standard InChI is InChI=1S/C39H42I3O12S/c1-37(2,40)34(46)52-22-19-49-31(43)25-7-13-28(14-8-25)55(29-15-9-26(10-16-29)32(44)50-20-23-53-35(47)38(3,4)41)30-17-11-27(12-18-30)33(45)51-21-24-54-36(48)39(5,6)42/h7-18H,19-24H2,1-6H3/q+1. The predicted molar refractivity (Wildman–Crippen MR) is 230 cm³/mol.